The SMILES string of the molecule is CC[C@H]1OC(=O)[C@H](C)[C@@H](O[C@@H]2C[C@](C)(OC)[C@H](O)[C@@H](C)O2)[C@H](C)[C@@H](O[C@@H]2O[C@H](C)C[C@H](N(C)C)[C@H]2O)[C@]2(C)C[C@@H](C)C(=N[C@H](C)[C@@H](O)[C@]1(C)O)O2. The number of methoxy groups -OCH3 is 1. The van der Waals surface area contributed by atoms with E-state index < -0.39 is 96.0 Å². The first-order valence-electron chi connectivity index (χ1n) is 18.7. The van der Waals surface area contributed by atoms with Crippen LogP contribution in [0.2, 0.25) is 0 Å². The topological polar surface area (TPSA) is 178 Å². The molecule has 4 heterocycles. The summed E-state index contributed by atoms with van der Waals surface area (Å²) >= 11 is 0. The van der Waals surface area contributed by atoms with Gasteiger partial charge in [0.05, 0.1) is 35.9 Å². The van der Waals surface area contributed by atoms with Crippen LogP contribution in [0.4, 0.5) is 0 Å². The van der Waals surface area contributed by atoms with Gasteiger partial charge in [0.25, 0.3) is 0 Å². The van der Waals surface area contributed by atoms with E-state index in [1.807, 2.05) is 46.7 Å². The van der Waals surface area contributed by atoms with Crippen molar-refractivity contribution in [1.82, 2.24) is 4.90 Å². The number of ether oxygens (including phenoxy) is 7. The van der Waals surface area contributed by atoms with Gasteiger partial charge in [-0.2, -0.15) is 0 Å². The molecule has 0 aromatic rings. The number of carbonyl (C=O) groups excluding carboxylic acids is 1. The predicted molar refractivity (Wildman–Crippen MR) is 188 cm³/mol. The number of aliphatic hydroxyl groups is 4. The van der Waals surface area contributed by atoms with Gasteiger partial charge in [-0.25, -0.2) is 4.99 Å². The Kier molecular flexibility index (Phi) is 13.4. The lowest BCUT2D eigenvalue weighted by Gasteiger charge is -2.48. The summed E-state index contributed by atoms with van der Waals surface area (Å²) in [6.07, 6.45) is -7.53. The lowest BCUT2D eigenvalue weighted by molar-refractivity contribution is -0.315. The molecule has 4 aliphatic heterocycles. The van der Waals surface area contributed by atoms with Gasteiger partial charge >= 0.3 is 5.97 Å². The Morgan fingerprint density at radius 2 is 1.61 bits per heavy atom. The van der Waals surface area contributed by atoms with E-state index in [1.165, 1.54) is 14.0 Å². The van der Waals surface area contributed by atoms with Gasteiger partial charge in [0.15, 0.2) is 18.5 Å². The summed E-state index contributed by atoms with van der Waals surface area (Å²) < 4.78 is 44.5. The molecule has 4 rings (SSSR count). The predicted octanol–water partition coefficient (Wildman–Crippen LogP) is 2.41. The Balaban J connectivity index is 1.85. The average molecular weight is 731 g/mol. The number of carbonyl (C=O) groups is 1. The van der Waals surface area contributed by atoms with Crippen LogP contribution in [-0.2, 0) is 38.0 Å². The Bertz CT molecular complexity index is 1220. The monoisotopic (exact) mass is 730 g/mol. The molecule has 0 amide bonds. The van der Waals surface area contributed by atoms with E-state index in [2.05, 4.69) is 0 Å². The zero-order chi connectivity index (χ0) is 38.4. The van der Waals surface area contributed by atoms with Crippen LogP contribution in [0.3, 0.4) is 0 Å². The molecule has 0 unspecified atom stereocenters. The summed E-state index contributed by atoms with van der Waals surface area (Å²) in [7, 11) is 5.33. The highest BCUT2D eigenvalue weighted by atomic mass is 16.7. The first-order valence-corrected chi connectivity index (χ1v) is 18.7. The number of esters is 1. The summed E-state index contributed by atoms with van der Waals surface area (Å²) in [5, 5.41) is 45.5. The molecule has 4 N–H and O–H groups in total. The van der Waals surface area contributed by atoms with Crippen molar-refractivity contribution >= 4 is 11.9 Å². The fraction of sp³-hybridized carbons (Fsp3) is 0.946. The lowest BCUT2D eigenvalue weighted by Crippen LogP contribution is -2.60. The van der Waals surface area contributed by atoms with Gasteiger partial charge in [0.2, 0.25) is 0 Å². The van der Waals surface area contributed by atoms with Crippen LogP contribution in [-0.4, -0.2) is 149 Å². The second-order valence-electron chi connectivity index (χ2n) is 16.5. The van der Waals surface area contributed by atoms with Crippen LogP contribution in [0, 0.1) is 17.8 Å². The molecular weight excluding hydrogens is 664 g/mol. The van der Waals surface area contributed by atoms with E-state index in [0.29, 0.717) is 18.7 Å². The number of aliphatic hydroxyl groups excluding tert-OH is 3. The fourth-order valence-corrected chi connectivity index (χ4v) is 8.61. The van der Waals surface area contributed by atoms with E-state index in [9.17, 15) is 25.2 Å². The second kappa shape index (κ2) is 16.1. The van der Waals surface area contributed by atoms with Gasteiger partial charge in [-0.3, -0.25) is 4.79 Å². The van der Waals surface area contributed by atoms with E-state index >= 15 is 0 Å². The van der Waals surface area contributed by atoms with E-state index in [1.54, 1.807) is 34.6 Å². The van der Waals surface area contributed by atoms with Crippen molar-refractivity contribution in [2.24, 2.45) is 22.7 Å². The van der Waals surface area contributed by atoms with Crippen LogP contribution in [0.5, 0.6) is 0 Å². The van der Waals surface area contributed by atoms with Gasteiger partial charge in [0.1, 0.15) is 41.7 Å². The van der Waals surface area contributed by atoms with Gasteiger partial charge in [-0.05, 0) is 75.4 Å². The van der Waals surface area contributed by atoms with Crippen LogP contribution in [0.1, 0.15) is 94.9 Å². The van der Waals surface area contributed by atoms with Gasteiger partial charge in [0, 0.05) is 37.8 Å². The molecule has 0 radical (unpaired) electrons. The highest BCUT2D eigenvalue weighted by Crippen LogP contribution is 2.44. The molecule has 14 nitrogen and oxygen atoms in total. The second-order valence-corrected chi connectivity index (χ2v) is 16.5. The Labute approximate surface area is 304 Å². The zero-order valence-corrected chi connectivity index (χ0v) is 32.9. The van der Waals surface area contributed by atoms with Crippen molar-refractivity contribution in [2.75, 3.05) is 21.2 Å². The normalized spacial score (nSPS) is 50.3. The summed E-state index contributed by atoms with van der Waals surface area (Å²) in [5.41, 5.74) is -3.91. The third-order valence-electron chi connectivity index (χ3n) is 11.9. The average Bonchev–Trinajstić information content (AvgIpc) is 3.35. The van der Waals surface area contributed by atoms with Crippen molar-refractivity contribution in [3.63, 3.8) is 0 Å². The van der Waals surface area contributed by atoms with E-state index in [0.717, 1.165) is 0 Å². The minimum atomic E-state index is -1.84. The Morgan fingerprint density at radius 3 is 2.20 bits per heavy atom. The molecule has 296 valence electrons. The first-order chi connectivity index (χ1) is 23.6. The number of likely N-dealkylation sites (N-methyl/N-ethyl adjacent to an activating group) is 1. The molecule has 3 fully saturated rings. The molecule has 18 atom stereocenters. The van der Waals surface area contributed by atoms with E-state index in [-0.39, 0.29) is 30.9 Å². The summed E-state index contributed by atoms with van der Waals surface area (Å²) in [6.45, 7) is 17.8. The maximum Gasteiger partial charge on any atom is 0.311 e. The quantitative estimate of drug-likeness (QED) is 0.281. The Hall–Kier alpha value is -1.46. The molecule has 4 aliphatic rings. The van der Waals surface area contributed by atoms with Crippen molar-refractivity contribution in [3.8, 4) is 0 Å². The maximum atomic E-state index is 14.2. The molecule has 51 heavy (non-hydrogen) atoms. The Morgan fingerprint density at radius 1 is 0.961 bits per heavy atom. The van der Waals surface area contributed by atoms with Crippen LogP contribution < -0.4 is 0 Å². The highest BCUT2D eigenvalue weighted by molar-refractivity contribution is 5.81. The van der Waals surface area contributed by atoms with E-state index in [4.69, 9.17) is 38.2 Å². The van der Waals surface area contributed by atoms with Gasteiger partial charge in [-0.15, -0.1) is 0 Å². The molecule has 3 saturated heterocycles. The van der Waals surface area contributed by atoms with Gasteiger partial charge in [-0.1, -0.05) is 20.8 Å². The van der Waals surface area contributed by atoms with Crippen molar-refractivity contribution in [1.29, 1.82) is 0 Å². The minimum Gasteiger partial charge on any atom is -0.472 e. The number of aliphatic imine (C=N–C) groups is 1. The van der Waals surface area contributed by atoms with Crippen LogP contribution in [0.25, 0.3) is 0 Å². The summed E-state index contributed by atoms with van der Waals surface area (Å²) in [6, 6.07) is -1.04. The molecule has 0 aliphatic carbocycles. The molecule has 0 aromatic carbocycles. The maximum absolute atomic E-state index is 14.2. The van der Waals surface area contributed by atoms with Crippen LogP contribution >= 0.6 is 0 Å². The molecule has 14 heteroatoms. The highest BCUT2D eigenvalue weighted by Gasteiger charge is 2.56. The number of hydrogen-bond donors (Lipinski definition) is 4. The molecule has 2 bridgehead atoms. The minimum absolute atomic E-state index is 0.163. The third-order valence-corrected chi connectivity index (χ3v) is 11.9. The molecular formula is C37H66N2O12. The number of hydrogen-bond acceptors (Lipinski definition) is 14. The fourth-order valence-electron chi connectivity index (χ4n) is 8.61. The van der Waals surface area contributed by atoms with Gasteiger partial charge < -0.3 is 58.5 Å². The number of fused-ring (bicyclic) bond motifs is 2. The lowest BCUT2D eigenvalue weighted by atomic mass is 9.79. The van der Waals surface area contributed by atoms with Crippen LogP contribution in [0.15, 0.2) is 4.99 Å². The number of rotatable bonds is 7. The molecule has 0 spiro atoms. The standard InChI is InChI=1S/C37H66N2O12/c1-14-25-37(10,44)29(41)22(6)38-32-18(2)16-36(9,51-32)31(50-34-27(40)24(39(11)12)15-19(3)46-34)20(4)28(21(5)33(43)48-25)49-26-17-35(8,45-13)30(42)23(7)47-26/h18-31,34,40-42,44H,14-17H2,1-13H3/t18-,19-,20+,21-,22-,23-,24+,25-,26-,27-,28+,29-,30-,31-,34+,35+,36+,37-/m1/s1. The summed E-state index contributed by atoms with van der Waals surface area (Å²) in [4.78, 5) is 20.9. The molecule has 0 saturated carbocycles. The summed E-state index contributed by atoms with van der Waals surface area (Å²) in [5.74, 6) is -2.03. The molecule has 0 aromatic heterocycles. The first kappa shape index (κ1) is 42.3. The van der Waals surface area contributed by atoms with Crippen molar-refractivity contribution in [2.45, 2.75) is 185 Å². The third kappa shape index (κ3) is 8.60. The largest absolute Gasteiger partial charge is 0.472 e. The van der Waals surface area contributed by atoms with Crippen molar-refractivity contribution in [3.05, 3.63) is 0 Å². The zero-order valence-electron chi connectivity index (χ0n) is 32.9. The smallest absolute Gasteiger partial charge is 0.311 e. The number of cyclic esters (lactones) is 1. The van der Waals surface area contributed by atoms with Crippen molar-refractivity contribution < 1.29 is 58.4 Å². The number of nitrogens with zero attached hydrogens (tertiary/aromatic N) is 2.